The van der Waals surface area contributed by atoms with Gasteiger partial charge in [0.05, 0.1) is 28.1 Å². The molecule has 7 aromatic rings. The number of hydrogen-bond acceptors (Lipinski definition) is 5. The van der Waals surface area contributed by atoms with E-state index in [1.165, 1.54) is 22.1 Å². The van der Waals surface area contributed by atoms with E-state index in [1.54, 1.807) is 5.06 Å². The van der Waals surface area contributed by atoms with Gasteiger partial charge in [0.25, 0.3) is 0 Å². The maximum Gasteiger partial charge on any atom is 0.138 e. The van der Waals surface area contributed by atoms with Gasteiger partial charge in [-0.2, -0.15) is 5.06 Å². The van der Waals surface area contributed by atoms with Crippen LogP contribution in [-0.2, 0) is 4.94 Å². The summed E-state index contributed by atoms with van der Waals surface area (Å²) < 4.78 is 8.72. The normalized spacial score (nSPS) is 12.7. The zero-order chi connectivity index (χ0) is 29.8. The average Bonchev–Trinajstić information content (AvgIpc) is 3.56. The Morgan fingerprint density at radius 2 is 1.36 bits per heavy atom. The Morgan fingerprint density at radius 3 is 2.23 bits per heavy atom. The van der Waals surface area contributed by atoms with E-state index in [1.807, 2.05) is 72.9 Å². The van der Waals surface area contributed by atoms with E-state index in [0.717, 1.165) is 56.4 Å². The topological polar surface area (TPSA) is 42.8 Å². The third-order valence-corrected chi connectivity index (χ3v) is 8.32. The van der Waals surface area contributed by atoms with Crippen molar-refractivity contribution in [2.45, 2.75) is 13.8 Å². The number of fused-ring (bicyclic) bond motifs is 4. The second-order valence-electron chi connectivity index (χ2n) is 11.2. The van der Waals surface area contributed by atoms with Gasteiger partial charge in [0.15, 0.2) is 0 Å². The fourth-order valence-electron chi connectivity index (χ4n) is 6.33. The maximum absolute atomic E-state index is 6.48. The van der Waals surface area contributed by atoms with Crippen LogP contribution in [0, 0.1) is 13.8 Å². The van der Waals surface area contributed by atoms with Crippen LogP contribution in [0.3, 0.4) is 0 Å². The number of ether oxygens (including phenoxy) is 1. The molecule has 0 aliphatic carbocycles. The van der Waals surface area contributed by atoms with Crippen molar-refractivity contribution in [2.24, 2.45) is 0 Å². The number of aryl methyl sites for hydroxylation is 2. The molecule has 0 N–H and O–H groups in total. The fraction of sp³-hybridized carbons (Fsp3) is 0.0789. The first-order valence-electron chi connectivity index (χ1n) is 14.7. The van der Waals surface area contributed by atoms with Crippen molar-refractivity contribution in [1.82, 2.24) is 9.55 Å². The lowest BCUT2D eigenvalue weighted by Crippen LogP contribution is -2.20. The first-order chi connectivity index (χ1) is 21.5. The lowest BCUT2D eigenvalue weighted by atomic mass is 9.96. The van der Waals surface area contributed by atoms with Crippen LogP contribution in [0.1, 0.15) is 11.1 Å². The van der Waals surface area contributed by atoms with E-state index >= 15 is 0 Å². The molecular formula is C38H30N4O2. The molecule has 6 heteroatoms. The van der Waals surface area contributed by atoms with Crippen molar-refractivity contribution >= 4 is 38.9 Å². The van der Waals surface area contributed by atoms with E-state index in [2.05, 4.69) is 85.1 Å². The summed E-state index contributed by atoms with van der Waals surface area (Å²) in [6.45, 7) is 4.32. The van der Waals surface area contributed by atoms with E-state index in [-0.39, 0.29) is 0 Å². The summed E-state index contributed by atoms with van der Waals surface area (Å²) in [6, 6.07) is 41.5. The summed E-state index contributed by atoms with van der Waals surface area (Å²) >= 11 is 0. The number of para-hydroxylation sites is 3. The van der Waals surface area contributed by atoms with Crippen molar-refractivity contribution < 1.29 is 9.68 Å². The van der Waals surface area contributed by atoms with Gasteiger partial charge in [0, 0.05) is 36.1 Å². The molecule has 44 heavy (non-hydrogen) atoms. The maximum atomic E-state index is 6.48. The van der Waals surface area contributed by atoms with Gasteiger partial charge in [-0.3, -0.25) is 4.57 Å². The molecule has 2 aromatic heterocycles. The highest BCUT2D eigenvalue weighted by Crippen LogP contribution is 2.42. The van der Waals surface area contributed by atoms with Crippen LogP contribution in [0.15, 0.2) is 128 Å². The Kier molecular flexibility index (Phi) is 6.10. The summed E-state index contributed by atoms with van der Waals surface area (Å²) in [5.74, 6) is 2.32. The van der Waals surface area contributed by atoms with Crippen LogP contribution in [0.25, 0.3) is 38.8 Å². The van der Waals surface area contributed by atoms with Gasteiger partial charge in [-0.25, -0.2) is 10.0 Å². The molecule has 214 valence electrons. The van der Waals surface area contributed by atoms with Crippen LogP contribution >= 0.6 is 0 Å². The minimum atomic E-state index is 0.718. The molecule has 3 heterocycles. The summed E-state index contributed by atoms with van der Waals surface area (Å²) in [5, 5.41) is 5.90. The number of hydrogen-bond donors (Lipinski definition) is 0. The first kappa shape index (κ1) is 26.1. The molecule has 1 aliphatic rings. The van der Waals surface area contributed by atoms with Crippen molar-refractivity contribution in [3.8, 4) is 28.4 Å². The monoisotopic (exact) mass is 574 g/mol. The second-order valence-corrected chi connectivity index (χ2v) is 11.2. The average molecular weight is 575 g/mol. The predicted octanol–water partition coefficient (Wildman–Crippen LogP) is 9.69. The van der Waals surface area contributed by atoms with Gasteiger partial charge in [0.2, 0.25) is 0 Å². The molecule has 5 aromatic carbocycles. The van der Waals surface area contributed by atoms with E-state index < -0.39 is 0 Å². The lowest BCUT2D eigenvalue weighted by Gasteiger charge is -2.18. The SMILES string of the molecule is Cc1cccc(C)c1-c1ccnc(-n2c3ccccc3c3ccc(Oc4cccc(N5ON(C)c6ccccc65)c4)cc32)c1. The molecule has 0 fully saturated rings. The van der Waals surface area contributed by atoms with E-state index in [4.69, 9.17) is 14.7 Å². The second kappa shape index (κ2) is 10.3. The Morgan fingerprint density at radius 1 is 0.636 bits per heavy atom. The zero-order valence-corrected chi connectivity index (χ0v) is 24.7. The summed E-state index contributed by atoms with van der Waals surface area (Å²) in [4.78, 5) is 10.9. The molecule has 0 unspecified atom stereocenters. The zero-order valence-electron chi connectivity index (χ0n) is 24.7. The largest absolute Gasteiger partial charge is 0.457 e. The Labute approximate surface area is 255 Å². The lowest BCUT2D eigenvalue weighted by molar-refractivity contribution is 0.142. The summed E-state index contributed by atoms with van der Waals surface area (Å²) in [6.07, 6.45) is 1.90. The van der Waals surface area contributed by atoms with Crippen molar-refractivity contribution in [1.29, 1.82) is 0 Å². The van der Waals surface area contributed by atoms with Crippen molar-refractivity contribution in [2.75, 3.05) is 17.2 Å². The van der Waals surface area contributed by atoms with Crippen molar-refractivity contribution in [3.63, 3.8) is 0 Å². The number of hydroxylamine groups is 1. The van der Waals surface area contributed by atoms with Gasteiger partial charge in [-0.05, 0) is 90.7 Å². The smallest absolute Gasteiger partial charge is 0.138 e. The highest BCUT2D eigenvalue weighted by Gasteiger charge is 2.26. The number of nitrogens with zero attached hydrogens (tertiary/aromatic N) is 4. The molecule has 0 amide bonds. The van der Waals surface area contributed by atoms with Gasteiger partial charge in [0.1, 0.15) is 17.3 Å². The Balaban J connectivity index is 1.21. The highest BCUT2D eigenvalue weighted by atomic mass is 16.8. The molecule has 0 radical (unpaired) electrons. The third-order valence-electron chi connectivity index (χ3n) is 8.32. The van der Waals surface area contributed by atoms with Gasteiger partial charge >= 0.3 is 0 Å². The predicted molar refractivity (Wildman–Crippen MR) is 178 cm³/mol. The molecule has 0 saturated heterocycles. The van der Waals surface area contributed by atoms with Gasteiger partial charge in [-0.1, -0.05) is 54.6 Å². The van der Waals surface area contributed by atoms with Crippen LogP contribution in [0.4, 0.5) is 17.1 Å². The number of rotatable bonds is 5. The number of benzene rings is 5. The molecule has 0 atom stereocenters. The third kappa shape index (κ3) is 4.27. The Hall–Kier alpha value is -5.59. The van der Waals surface area contributed by atoms with Crippen LogP contribution in [0.5, 0.6) is 11.5 Å². The minimum Gasteiger partial charge on any atom is -0.457 e. The standard InChI is InChI=1S/C38H30N4O2/c1-25-10-8-11-26(2)38(25)27-20-21-39-37(22-27)41-33-15-5-4-14-31(33)32-19-18-30(24-36(32)41)43-29-13-9-12-28(23-29)42-35-17-7-6-16-34(35)40(3)44-42/h4-24H,1-3H3. The molecule has 1 aliphatic heterocycles. The van der Waals surface area contributed by atoms with Crippen LogP contribution in [-0.4, -0.2) is 16.6 Å². The van der Waals surface area contributed by atoms with Crippen LogP contribution in [0.2, 0.25) is 0 Å². The quantitative estimate of drug-likeness (QED) is 0.205. The highest BCUT2D eigenvalue weighted by molar-refractivity contribution is 6.09. The molecule has 8 rings (SSSR count). The number of anilines is 3. The van der Waals surface area contributed by atoms with Crippen LogP contribution < -0.4 is 14.9 Å². The first-order valence-corrected chi connectivity index (χ1v) is 14.7. The fourth-order valence-corrected chi connectivity index (χ4v) is 6.33. The minimum absolute atomic E-state index is 0.718. The molecular weight excluding hydrogens is 544 g/mol. The number of aromatic nitrogens is 2. The van der Waals surface area contributed by atoms with Gasteiger partial charge < -0.3 is 4.74 Å². The van der Waals surface area contributed by atoms with Crippen molar-refractivity contribution in [3.05, 3.63) is 139 Å². The summed E-state index contributed by atoms with van der Waals surface area (Å²) in [5.41, 5.74) is 9.89. The van der Waals surface area contributed by atoms with Gasteiger partial charge in [-0.15, -0.1) is 4.94 Å². The number of pyridine rings is 1. The molecule has 0 saturated carbocycles. The molecule has 0 spiro atoms. The molecule has 0 bridgehead atoms. The summed E-state index contributed by atoms with van der Waals surface area (Å²) in [7, 11) is 1.90. The Bertz CT molecular complexity index is 2180. The van der Waals surface area contributed by atoms with E-state index in [0.29, 0.717) is 0 Å². The molecule has 6 nitrogen and oxygen atoms in total. The van der Waals surface area contributed by atoms with E-state index in [9.17, 15) is 0 Å².